The maximum absolute atomic E-state index is 13.7. The fraction of sp³-hybridized carbons (Fsp3) is 0.208. The van der Waals surface area contributed by atoms with Crippen LogP contribution in [0.25, 0.3) is 16.8 Å². The first-order chi connectivity index (χ1) is 16.4. The number of nitrogens with one attached hydrogen (secondary N) is 1. The lowest BCUT2D eigenvalue weighted by Gasteiger charge is -2.15. The number of nitrogens with zero attached hydrogens (tertiary/aromatic N) is 3. The Kier molecular flexibility index (Phi) is 5.97. The van der Waals surface area contributed by atoms with Crippen LogP contribution in [-0.4, -0.2) is 25.4 Å². The third-order valence-electron chi connectivity index (χ3n) is 5.59. The van der Waals surface area contributed by atoms with Crippen molar-refractivity contribution in [1.29, 1.82) is 0 Å². The van der Waals surface area contributed by atoms with E-state index in [-0.39, 0.29) is 5.69 Å². The normalized spacial score (nSPS) is 12.7. The number of halogens is 4. The number of imidazole rings is 1. The zero-order valence-corrected chi connectivity index (χ0v) is 18.9. The van der Waals surface area contributed by atoms with Crippen LogP contribution in [0.4, 0.5) is 29.1 Å². The molecule has 11 heteroatoms. The maximum Gasteiger partial charge on any atom is 0.416 e. The molecule has 2 aromatic carbocycles. The van der Waals surface area contributed by atoms with Gasteiger partial charge in [0.25, 0.3) is 5.91 Å². The van der Waals surface area contributed by atoms with Crippen molar-refractivity contribution < 1.29 is 27.5 Å². The van der Waals surface area contributed by atoms with Gasteiger partial charge in [-0.1, -0.05) is 6.07 Å². The number of fused-ring (bicyclic) bond motifs is 1. The van der Waals surface area contributed by atoms with E-state index in [1.165, 1.54) is 0 Å². The van der Waals surface area contributed by atoms with Crippen molar-refractivity contribution in [1.82, 2.24) is 14.4 Å². The summed E-state index contributed by atoms with van der Waals surface area (Å²) in [5, 5.41) is 12.7. The van der Waals surface area contributed by atoms with Crippen molar-refractivity contribution in [2.24, 2.45) is 0 Å². The van der Waals surface area contributed by atoms with Crippen molar-refractivity contribution in [2.45, 2.75) is 33.1 Å². The van der Waals surface area contributed by atoms with Gasteiger partial charge in [-0.3, -0.25) is 9.20 Å². The zero-order valence-electron chi connectivity index (χ0n) is 18.9. The number of carbonyl (C=O) groups excluding carboxylic acids is 1. The molecule has 0 aliphatic heterocycles. The fourth-order valence-electron chi connectivity index (χ4n) is 3.97. The Labute approximate surface area is 197 Å². The van der Waals surface area contributed by atoms with E-state index >= 15 is 0 Å². The van der Waals surface area contributed by atoms with Gasteiger partial charge >= 0.3 is 6.18 Å². The summed E-state index contributed by atoms with van der Waals surface area (Å²) in [5.74, 6) is -1.20. The number of aryl methyl sites for hydroxylation is 3. The lowest BCUT2D eigenvalue weighted by atomic mass is 10.0. The van der Waals surface area contributed by atoms with E-state index in [4.69, 9.17) is 5.73 Å². The van der Waals surface area contributed by atoms with Crippen molar-refractivity contribution in [3.8, 4) is 11.3 Å². The summed E-state index contributed by atoms with van der Waals surface area (Å²) in [6.45, 7) is 5.50. The molecular weight excluding hydrogens is 466 g/mol. The molecule has 0 aliphatic carbocycles. The molecule has 0 radical (unpaired) electrons. The van der Waals surface area contributed by atoms with E-state index in [1.807, 2.05) is 18.2 Å². The van der Waals surface area contributed by atoms with Crippen LogP contribution in [0.3, 0.4) is 0 Å². The zero-order chi connectivity index (χ0) is 25.7. The summed E-state index contributed by atoms with van der Waals surface area (Å²) in [6, 6.07) is 6.38. The molecule has 182 valence electrons. The molecule has 0 spiro atoms. The van der Waals surface area contributed by atoms with Crippen LogP contribution in [-0.2, 0) is 11.0 Å². The predicted molar refractivity (Wildman–Crippen MR) is 122 cm³/mol. The van der Waals surface area contributed by atoms with E-state index in [0.717, 1.165) is 17.1 Å². The fourth-order valence-corrected chi connectivity index (χ4v) is 3.97. The van der Waals surface area contributed by atoms with Gasteiger partial charge in [-0.15, -0.1) is 0 Å². The number of anilines is 2. The predicted octanol–water partition coefficient (Wildman–Crippen LogP) is 4.73. The van der Waals surface area contributed by atoms with Gasteiger partial charge in [-0.2, -0.15) is 13.2 Å². The van der Waals surface area contributed by atoms with Gasteiger partial charge in [0.15, 0.2) is 6.10 Å². The Morgan fingerprint density at radius 2 is 1.86 bits per heavy atom. The average Bonchev–Trinajstić information content (AvgIpc) is 3.13. The Balaban J connectivity index is 1.62. The number of nitrogen functional groups attached to an aromatic ring is 1. The van der Waals surface area contributed by atoms with Crippen molar-refractivity contribution >= 4 is 22.9 Å². The summed E-state index contributed by atoms with van der Waals surface area (Å²) in [5.41, 5.74) is 8.12. The van der Waals surface area contributed by atoms with Gasteiger partial charge in [0.2, 0.25) is 0 Å². The van der Waals surface area contributed by atoms with Crippen LogP contribution < -0.4 is 11.1 Å². The third-order valence-corrected chi connectivity index (χ3v) is 5.59. The summed E-state index contributed by atoms with van der Waals surface area (Å²) < 4.78 is 54.4. The molecule has 7 nitrogen and oxygen atoms in total. The van der Waals surface area contributed by atoms with Crippen molar-refractivity contribution in [3.05, 3.63) is 76.6 Å². The highest BCUT2D eigenvalue weighted by Gasteiger charge is 2.32. The van der Waals surface area contributed by atoms with Gasteiger partial charge in [0.05, 0.1) is 5.56 Å². The minimum atomic E-state index is -4.83. The van der Waals surface area contributed by atoms with Gasteiger partial charge in [0, 0.05) is 23.1 Å². The second-order valence-electron chi connectivity index (χ2n) is 8.17. The van der Waals surface area contributed by atoms with E-state index in [0.29, 0.717) is 40.8 Å². The molecule has 0 aliphatic rings. The van der Waals surface area contributed by atoms with Crippen LogP contribution in [0.1, 0.15) is 34.3 Å². The first-order valence-electron chi connectivity index (χ1n) is 10.4. The highest BCUT2D eigenvalue weighted by molar-refractivity contribution is 5.95. The quantitative estimate of drug-likeness (QED) is 0.361. The molecule has 4 N–H and O–H groups in total. The number of hydrogen-bond donors (Lipinski definition) is 3. The minimum Gasteiger partial charge on any atom is -0.382 e. The number of aromatic nitrogens is 3. The number of aliphatic hydroxyl groups excluding tert-OH is 1. The number of aliphatic hydroxyl groups is 1. The van der Waals surface area contributed by atoms with Gasteiger partial charge < -0.3 is 16.2 Å². The van der Waals surface area contributed by atoms with Gasteiger partial charge in [-0.05, 0) is 62.2 Å². The molecule has 2 heterocycles. The third kappa shape index (κ3) is 4.54. The Hall–Kier alpha value is -3.99. The number of nitrogens with two attached hydrogens (primary N) is 1. The standard InChI is InChI=1S/C24H21F4N5O2/c1-11-6-17(32-23(35)21(34)14-7-15(24(26,27)28)9-16(25)8-14)4-5-18(11)19-20-22(29)30-10-12(2)33(20)13(3)31-19/h4-10,21,34H,1-3H3,(H2,29,30)(H,32,35). The molecule has 0 fully saturated rings. The molecule has 0 saturated carbocycles. The number of carbonyl (C=O) groups is 1. The van der Waals surface area contributed by atoms with Crippen molar-refractivity contribution in [3.63, 3.8) is 0 Å². The molecular formula is C24H21F4N5O2. The maximum atomic E-state index is 13.7. The average molecular weight is 487 g/mol. The number of alkyl halides is 3. The second-order valence-corrected chi connectivity index (χ2v) is 8.17. The Morgan fingerprint density at radius 3 is 2.51 bits per heavy atom. The lowest BCUT2D eigenvalue weighted by Crippen LogP contribution is -2.21. The second kappa shape index (κ2) is 8.66. The number of hydrogen-bond acceptors (Lipinski definition) is 5. The highest BCUT2D eigenvalue weighted by atomic mass is 19.4. The molecule has 0 saturated heterocycles. The van der Waals surface area contributed by atoms with E-state index in [9.17, 15) is 27.5 Å². The van der Waals surface area contributed by atoms with E-state index in [1.54, 1.807) is 31.3 Å². The van der Waals surface area contributed by atoms with Crippen LogP contribution in [0.5, 0.6) is 0 Å². The van der Waals surface area contributed by atoms with E-state index < -0.39 is 35.1 Å². The molecule has 4 aromatic rings. The minimum absolute atomic E-state index is 0.283. The molecule has 0 bridgehead atoms. The molecule has 1 atom stereocenters. The molecule has 4 rings (SSSR count). The molecule has 2 aromatic heterocycles. The van der Waals surface area contributed by atoms with Crippen LogP contribution in [0, 0.1) is 26.6 Å². The summed E-state index contributed by atoms with van der Waals surface area (Å²) in [4.78, 5) is 21.3. The van der Waals surface area contributed by atoms with Crippen LogP contribution >= 0.6 is 0 Å². The molecule has 1 amide bonds. The summed E-state index contributed by atoms with van der Waals surface area (Å²) >= 11 is 0. The number of rotatable bonds is 4. The smallest absolute Gasteiger partial charge is 0.382 e. The Bertz CT molecular complexity index is 1460. The lowest BCUT2D eigenvalue weighted by molar-refractivity contribution is -0.138. The Morgan fingerprint density at radius 1 is 1.14 bits per heavy atom. The SMILES string of the molecule is Cc1cc(NC(=O)C(O)c2cc(F)cc(C(F)(F)F)c2)ccc1-c1nc(C)n2c(C)cnc(N)c12. The van der Waals surface area contributed by atoms with Crippen LogP contribution in [0.2, 0.25) is 0 Å². The first kappa shape index (κ1) is 24.1. The topological polar surface area (TPSA) is 106 Å². The summed E-state index contributed by atoms with van der Waals surface area (Å²) in [7, 11) is 0. The first-order valence-corrected chi connectivity index (χ1v) is 10.4. The number of benzene rings is 2. The summed E-state index contributed by atoms with van der Waals surface area (Å²) in [6.07, 6.45) is -5.19. The van der Waals surface area contributed by atoms with E-state index in [2.05, 4.69) is 15.3 Å². The number of amides is 1. The largest absolute Gasteiger partial charge is 0.416 e. The van der Waals surface area contributed by atoms with Gasteiger partial charge in [-0.25, -0.2) is 14.4 Å². The molecule has 35 heavy (non-hydrogen) atoms. The highest BCUT2D eigenvalue weighted by Crippen LogP contribution is 2.34. The van der Waals surface area contributed by atoms with Crippen LogP contribution in [0.15, 0.2) is 42.6 Å². The van der Waals surface area contributed by atoms with Crippen molar-refractivity contribution in [2.75, 3.05) is 11.1 Å². The van der Waals surface area contributed by atoms with Gasteiger partial charge in [0.1, 0.15) is 28.7 Å². The monoisotopic (exact) mass is 487 g/mol. The molecule has 1 unspecified atom stereocenters.